The molecule has 1 nitrogen and oxygen atoms in total. The van der Waals surface area contributed by atoms with Crippen LogP contribution in [0.3, 0.4) is 0 Å². The molecular weight excluding hydrogens is 194 g/mol. The molecule has 0 spiro atoms. The van der Waals surface area contributed by atoms with Crippen LogP contribution in [0.2, 0.25) is 0 Å². The molecule has 2 aliphatic carbocycles. The van der Waals surface area contributed by atoms with Gasteiger partial charge in [-0.3, -0.25) is 0 Å². The van der Waals surface area contributed by atoms with Gasteiger partial charge in [-0.15, -0.1) is 0 Å². The standard InChI is InChI=1S/C15H23N/c1-13(15-10-6-3-7-11-15)16-12-14-8-4-2-5-9-14/h3-4,6,8,14-16H,1-2,5,7,9-12H2. The van der Waals surface area contributed by atoms with Gasteiger partial charge in [-0.2, -0.15) is 0 Å². The quantitative estimate of drug-likeness (QED) is 0.706. The molecule has 2 unspecified atom stereocenters. The molecular formula is C15H23N. The lowest BCUT2D eigenvalue weighted by atomic mass is 9.91. The number of nitrogens with one attached hydrogen (secondary N) is 1. The molecule has 1 N–H and O–H groups in total. The van der Waals surface area contributed by atoms with Crippen LogP contribution >= 0.6 is 0 Å². The lowest BCUT2D eigenvalue weighted by Gasteiger charge is -2.24. The van der Waals surface area contributed by atoms with Crippen molar-refractivity contribution in [2.24, 2.45) is 11.8 Å². The molecule has 16 heavy (non-hydrogen) atoms. The Bertz CT molecular complexity index is 288. The van der Waals surface area contributed by atoms with Crippen molar-refractivity contribution in [2.45, 2.75) is 38.5 Å². The topological polar surface area (TPSA) is 12.0 Å². The monoisotopic (exact) mass is 217 g/mol. The van der Waals surface area contributed by atoms with Crippen LogP contribution in [0.4, 0.5) is 0 Å². The number of hydrogen-bond acceptors (Lipinski definition) is 1. The second-order valence-corrected chi connectivity index (χ2v) is 5.01. The summed E-state index contributed by atoms with van der Waals surface area (Å²) in [6, 6.07) is 0. The van der Waals surface area contributed by atoms with Crippen LogP contribution < -0.4 is 5.32 Å². The fourth-order valence-electron chi connectivity index (χ4n) is 2.57. The van der Waals surface area contributed by atoms with Gasteiger partial charge in [-0.25, -0.2) is 0 Å². The van der Waals surface area contributed by atoms with Crippen LogP contribution in [0.1, 0.15) is 38.5 Å². The van der Waals surface area contributed by atoms with Crippen LogP contribution in [0.5, 0.6) is 0 Å². The third-order valence-electron chi connectivity index (χ3n) is 3.71. The highest BCUT2D eigenvalue weighted by atomic mass is 14.9. The Morgan fingerprint density at radius 3 is 2.81 bits per heavy atom. The van der Waals surface area contributed by atoms with Crippen molar-refractivity contribution in [3.63, 3.8) is 0 Å². The second kappa shape index (κ2) is 5.93. The molecule has 0 aromatic heterocycles. The molecule has 0 aliphatic heterocycles. The van der Waals surface area contributed by atoms with Crippen LogP contribution in [-0.4, -0.2) is 6.54 Å². The van der Waals surface area contributed by atoms with Crippen LogP contribution in [0.15, 0.2) is 36.6 Å². The average molecular weight is 217 g/mol. The molecule has 2 rings (SSSR count). The first-order chi connectivity index (χ1) is 7.86. The summed E-state index contributed by atoms with van der Waals surface area (Å²) in [7, 11) is 0. The van der Waals surface area contributed by atoms with Crippen LogP contribution in [-0.2, 0) is 0 Å². The Morgan fingerprint density at radius 1 is 1.19 bits per heavy atom. The van der Waals surface area contributed by atoms with E-state index < -0.39 is 0 Å². The zero-order valence-corrected chi connectivity index (χ0v) is 10.1. The number of allylic oxidation sites excluding steroid dienone is 4. The maximum absolute atomic E-state index is 4.19. The van der Waals surface area contributed by atoms with Gasteiger partial charge in [0.2, 0.25) is 0 Å². The Kier molecular flexibility index (Phi) is 4.26. The summed E-state index contributed by atoms with van der Waals surface area (Å²) >= 11 is 0. The minimum Gasteiger partial charge on any atom is -0.388 e. The molecule has 1 heteroatoms. The summed E-state index contributed by atoms with van der Waals surface area (Å²) in [6.07, 6.45) is 16.9. The molecule has 0 saturated carbocycles. The van der Waals surface area contributed by atoms with E-state index in [2.05, 4.69) is 36.2 Å². The van der Waals surface area contributed by atoms with E-state index in [4.69, 9.17) is 0 Å². The van der Waals surface area contributed by atoms with Gasteiger partial charge in [0.25, 0.3) is 0 Å². The van der Waals surface area contributed by atoms with Gasteiger partial charge in [0, 0.05) is 18.2 Å². The maximum atomic E-state index is 4.19. The smallest absolute Gasteiger partial charge is 0.0206 e. The van der Waals surface area contributed by atoms with E-state index in [1.807, 2.05) is 0 Å². The Labute approximate surface area is 99.3 Å². The van der Waals surface area contributed by atoms with Crippen LogP contribution in [0, 0.1) is 11.8 Å². The van der Waals surface area contributed by atoms with Gasteiger partial charge in [-0.1, -0.05) is 30.9 Å². The minimum atomic E-state index is 0.664. The third-order valence-corrected chi connectivity index (χ3v) is 3.71. The van der Waals surface area contributed by atoms with Crippen molar-refractivity contribution < 1.29 is 0 Å². The van der Waals surface area contributed by atoms with Crippen molar-refractivity contribution in [2.75, 3.05) is 6.54 Å². The highest BCUT2D eigenvalue weighted by Crippen LogP contribution is 2.24. The predicted octanol–water partition coefficient (Wildman–Crippen LogP) is 3.80. The summed E-state index contributed by atoms with van der Waals surface area (Å²) in [5.41, 5.74) is 1.25. The van der Waals surface area contributed by atoms with Crippen molar-refractivity contribution in [1.82, 2.24) is 5.32 Å². The molecule has 0 heterocycles. The van der Waals surface area contributed by atoms with Gasteiger partial charge >= 0.3 is 0 Å². The highest BCUT2D eigenvalue weighted by Gasteiger charge is 2.14. The van der Waals surface area contributed by atoms with Gasteiger partial charge in [0.15, 0.2) is 0 Å². The van der Waals surface area contributed by atoms with Gasteiger partial charge in [0.1, 0.15) is 0 Å². The predicted molar refractivity (Wildman–Crippen MR) is 70.1 cm³/mol. The maximum Gasteiger partial charge on any atom is 0.0206 e. The summed E-state index contributed by atoms with van der Waals surface area (Å²) in [4.78, 5) is 0. The molecule has 2 aliphatic rings. The molecule has 0 fully saturated rings. The normalized spacial score (nSPS) is 29.0. The molecule has 0 saturated heterocycles. The SMILES string of the molecule is C=C(NCC1C=CCCC1)C1CC=CCC1. The van der Waals surface area contributed by atoms with E-state index in [0.29, 0.717) is 5.92 Å². The second-order valence-electron chi connectivity index (χ2n) is 5.01. The van der Waals surface area contributed by atoms with Crippen molar-refractivity contribution >= 4 is 0 Å². The van der Waals surface area contributed by atoms with Gasteiger partial charge < -0.3 is 5.32 Å². The summed E-state index contributed by atoms with van der Waals surface area (Å²) in [6.45, 7) is 5.27. The van der Waals surface area contributed by atoms with Crippen molar-refractivity contribution in [3.8, 4) is 0 Å². The van der Waals surface area contributed by atoms with E-state index in [1.165, 1.54) is 44.2 Å². The molecule has 88 valence electrons. The van der Waals surface area contributed by atoms with E-state index in [1.54, 1.807) is 0 Å². The largest absolute Gasteiger partial charge is 0.388 e. The Morgan fingerprint density at radius 2 is 2.12 bits per heavy atom. The van der Waals surface area contributed by atoms with Crippen LogP contribution in [0.25, 0.3) is 0 Å². The fourth-order valence-corrected chi connectivity index (χ4v) is 2.57. The Hall–Kier alpha value is -0.980. The molecule has 0 amide bonds. The zero-order valence-electron chi connectivity index (χ0n) is 10.1. The average Bonchev–Trinajstić information content (AvgIpc) is 2.38. The van der Waals surface area contributed by atoms with E-state index >= 15 is 0 Å². The first-order valence-electron chi connectivity index (χ1n) is 6.60. The Balaban J connectivity index is 1.72. The van der Waals surface area contributed by atoms with Crippen molar-refractivity contribution in [3.05, 3.63) is 36.6 Å². The third kappa shape index (κ3) is 3.26. The minimum absolute atomic E-state index is 0.664. The van der Waals surface area contributed by atoms with E-state index in [0.717, 1.165) is 12.5 Å². The molecule has 0 aromatic carbocycles. The first kappa shape index (κ1) is 11.5. The molecule has 2 atom stereocenters. The van der Waals surface area contributed by atoms with Crippen molar-refractivity contribution in [1.29, 1.82) is 0 Å². The summed E-state index contributed by atoms with van der Waals surface area (Å²) in [5, 5.41) is 3.54. The summed E-state index contributed by atoms with van der Waals surface area (Å²) in [5.74, 6) is 1.39. The lowest BCUT2D eigenvalue weighted by Crippen LogP contribution is -2.26. The summed E-state index contributed by atoms with van der Waals surface area (Å²) < 4.78 is 0. The fraction of sp³-hybridized carbons (Fsp3) is 0.600. The zero-order chi connectivity index (χ0) is 11.2. The first-order valence-corrected chi connectivity index (χ1v) is 6.60. The van der Waals surface area contributed by atoms with E-state index in [-0.39, 0.29) is 0 Å². The molecule has 0 aromatic rings. The van der Waals surface area contributed by atoms with Gasteiger partial charge in [-0.05, 0) is 44.4 Å². The van der Waals surface area contributed by atoms with Gasteiger partial charge in [0.05, 0.1) is 0 Å². The molecule has 0 bridgehead atoms. The highest BCUT2D eigenvalue weighted by molar-refractivity contribution is 5.06. The molecule has 0 radical (unpaired) electrons. The number of hydrogen-bond donors (Lipinski definition) is 1. The lowest BCUT2D eigenvalue weighted by molar-refractivity contribution is 0.469. The van der Waals surface area contributed by atoms with E-state index in [9.17, 15) is 0 Å². The number of rotatable bonds is 4.